The summed E-state index contributed by atoms with van der Waals surface area (Å²) in [5.74, 6) is -0.887. The maximum Gasteiger partial charge on any atom is 0.318 e. The van der Waals surface area contributed by atoms with E-state index in [0.717, 1.165) is 30.6 Å². The van der Waals surface area contributed by atoms with Crippen LogP contribution in [-0.4, -0.2) is 40.1 Å². The van der Waals surface area contributed by atoms with Gasteiger partial charge in [0.2, 0.25) is 5.01 Å². The number of nitrogens with one attached hydrogen (secondary N) is 2. The first-order valence-electron chi connectivity index (χ1n) is 10.1. The average molecular weight is 440 g/mol. The molecule has 0 radical (unpaired) electrons. The SMILES string of the molecule is O=C(Nc1cccc(F)c1)c1nnc(C2CCCN2C(=O)NCCc2ccccc2)s1. The molecular weight excluding hydrogens is 417 g/mol. The normalized spacial score (nSPS) is 15.6. The molecule has 160 valence electrons. The average Bonchev–Trinajstić information content (AvgIpc) is 3.44. The van der Waals surface area contributed by atoms with Crippen molar-refractivity contribution in [3.63, 3.8) is 0 Å². The number of likely N-dealkylation sites (tertiary alicyclic amines) is 1. The molecule has 0 aliphatic carbocycles. The van der Waals surface area contributed by atoms with E-state index in [4.69, 9.17) is 0 Å². The molecule has 31 heavy (non-hydrogen) atoms. The molecule has 1 saturated heterocycles. The maximum atomic E-state index is 13.3. The Morgan fingerprint density at radius 3 is 2.77 bits per heavy atom. The third-order valence-electron chi connectivity index (χ3n) is 5.05. The number of amides is 3. The monoisotopic (exact) mass is 439 g/mol. The molecular formula is C22H22FN5O2S. The van der Waals surface area contributed by atoms with Crippen molar-refractivity contribution in [3.8, 4) is 0 Å². The van der Waals surface area contributed by atoms with Gasteiger partial charge < -0.3 is 15.5 Å². The molecule has 0 saturated carbocycles. The van der Waals surface area contributed by atoms with Crippen LogP contribution in [0.25, 0.3) is 0 Å². The molecule has 1 aliphatic heterocycles. The predicted octanol–water partition coefficient (Wildman–Crippen LogP) is 4.02. The summed E-state index contributed by atoms with van der Waals surface area (Å²) >= 11 is 1.15. The molecule has 3 aromatic rings. The van der Waals surface area contributed by atoms with Gasteiger partial charge >= 0.3 is 6.03 Å². The Morgan fingerprint density at radius 2 is 1.97 bits per heavy atom. The number of nitrogens with zero attached hydrogens (tertiary/aromatic N) is 3. The van der Waals surface area contributed by atoms with Gasteiger partial charge in [-0.2, -0.15) is 0 Å². The van der Waals surface area contributed by atoms with Crippen LogP contribution >= 0.6 is 11.3 Å². The summed E-state index contributed by atoms with van der Waals surface area (Å²) < 4.78 is 13.3. The van der Waals surface area contributed by atoms with Gasteiger partial charge in [-0.25, -0.2) is 9.18 Å². The lowest BCUT2D eigenvalue weighted by atomic mass is 10.1. The van der Waals surface area contributed by atoms with Gasteiger partial charge in [0.1, 0.15) is 10.8 Å². The van der Waals surface area contributed by atoms with Crippen LogP contribution < -0.4 is 10.6 Å². The second-order valence-corrected chi connectivity index (χ2v) is 8.24. The summed E-state index contributed by atoms with van der Waals surface area (Å²) in [5.41, 5.74) is 1.51. The van der Waals surface area contributed by atoms with Gasteiger partial charge in [0, 0.05) is 18.8 Å². The van der Waals surface area contributed by atoms with Crippen molar-refractivity contribution in [1.29, 1.82) is 0 Å². The highest BCUT2D eigenvalue weighted by Crippen LogP contribution is 2.33. The fourth-order valence-electron chi connectivity index (χ4n) is 3.54. The van der Waals surface area contributed by atoms with Crippen LogP contribution in [0, 0.1) is 5.82 Å². The van der Waals surface area contributed by atoms with Crippen molar-refractivity contribution in [2.75, 3.05) is 18.4 Å². The summed E-state index contributed by atoms with van der Waals surface area (Å²) in [4.78, 5) is 26.9. The number of rotatable bonds is 6. The Labute approximate surface area is 183 Å². The zero-order chi connectivity index (χ0) is 21.6. The molecule has 1 fully saturated rings. The molecule has 1 unspecified atom stereocenters. The van der Waals surface area contributed by atoms with Crippen molar-refractivity contribution in [1.82, 2.24) is 20.4 Å². The number of anilines is 1. The maximum absolute atomic E-state index is 13.3. The highest BCUT2D eigenvalue weighted by atomic mass is 32.1. The minimum atomic E-state index is -0.453. The van der Waals surface area contributed by atoms with E-state index >= 15 is 0 Å². The second kappa shape index (κ2) is 9.65. The zero-order valence-electron chi connectivity index (χ0n) is 16.8. The molecule has 0 spiro atoms. The fourth-order valence-corrected chi connectivity index (χ4v) is 4.42. The first-order chi connectivity index (χ1) is 15.1. The van der Waals surface area contributed by atoms with Crippen molar-refractivity contribution >= 4 is 29.0 Å². The summed E-state index contributed by atoms with van der Waals surface area (Å²) in [6.07, 6.45) is 2.39. The lowest BCUT2D eigenvalue weighted by molar-refractivity contribution is 0.102. The van der Waals surface area contributed by atoms with E-state index in [1.807, 2.05) is 30.3 Å². The van der Waals surface area contributed by atoms with Crippen molar-refractivity contribution in [3.05, 3.63) is 76.0 Å². The molecule has 1 aromatic heterocycles. The quantitative estimate of drug-likeness (QED) is 0.607. The smallest absolute Gasteiger partial charge is 0.318 e. The van der Waals surface area contributed by atoms with E-state index in [1.165, 1.54) is 23.8 Å². The summed E-state index contributed by atoms with van der Waals surface area (Å²) in [7, 11) is 0. The van der Waals surface area contributed by atoms with Gasteiger partial charge in [0.15, 0.2) is 0 Å². The van der Waals surface area contributed by atoms with E-state index in [0.29, 0.717) is 23.8 Å². The number of benzene rings is 2. The Balaban J connectivity index is 1.35. The number of urea groups is 1. The van der Waals surface area contributed by atoms with Gasteiger partial charge in [-0.15, -0.1) is 10.2 Å². The van der Waals surface area contributed by atoms with Gasteiger partial charge in [0.25, 0.3) is 5.91 Å². The second-order valence-electron chi connectivity index (χ2n) is 7.23. The predicted molar refractivity (Wildman–Crippen MR) is 116 cm³/mol. The highest BCUT2D eigenvalue weighted by Gasteiger charge is 2.33. The molecule has 3 amide bonds. The topological polar surface area (TPSA) is 87.2 Å². The highest BCUT2D eigenvalue weighted by molar-refractivity contribution is 7.13. The molecule has 1 atom stereocenters. The van der Waals surface area contributed by atoms with E-state index < -0.39 is 11.7 Å². The first kappa shape index (κ1) is 20.9. The summed E-state index contributed by atoms with van der Waals surface area (Å²) in [5, 5.41) is 14.5. The van der Waals surface area contributed by atoms with Crippen LogP contribution in [-0.2, 0) is 6.42 Å². The van der Waals surface area contributed by atoms with Crippen LogP contribution in [0.5, 0.6) is 0 Å². The number of hydrogen-bond donors (Lipinski definition) is 2. The minimum absolute atomic E-state index is 0.139. The molecule has 0 bridgehead atoms. The lowest BCUT2D eigenvalue weighted by Gasteiger charge is -2.23. The van der Waals surface area contributed by atoms with Gasteiger partial charge in [0.05, 0.1) is 6.04 Å². The van der Waals surface area contributed by atoms with E-state index in [1.54, 1.807) is 11.0 Å². The van der Waals surface area contributed by atoms with Crippen molar-refractivity contribution in [2.24, 2.45) is 0 Å². The van der Waals surface area contributed by atoms with E-state index in [2.05, 4.69) is 20.8 Å². The Kier molecular flexibility index (Phi) is 6.51. The zero-order valence-corrected chi connectivity index (χ0v) is 17.6. The third kappa shape index (κ3) is 5.24. The minimum Gasteiger partial charge on any atom is -0.338 e. The molecule has 1 aliphatic rings. The number of carbonyl (C=O) groups is 2. The van der Waals surface area contributed by atoms with Crippen LogP contribution in [0.3, 0.4) is 0 Å². The largest absolute Gasteiger partial charge is 0.338 e. The molecule has 7 nitrogen and oxygen atoms in total. The Hall–Kier alpha value is -3.33. The van der Waals surface area contributed by atoms with Crippen LogP contribution in [0.4, 0.5) is 14.9 Å². The van der Waals surface area contributed by atoms with Gasteiger partial charge in [-0.3, -0.25) is 4.79 Å². The molecule has 4 rings (SSSR count). The number of hydrogen-bond acceptors (Lipinski definition) is 5. The van der Waals surface area contributed by atoms with E-state index in [-0.39, 0.29) is 17.1 Å². The number of aromatic nitrogens is 2. The molecule has 2 aromatic carbocycles. The van der Waals surface area contributed by atoms with Crippen LogP contribution in [0.1, 0.15) is 39.3 Å². The first-order valence-corrected chi connectivity index (χ1v) is 10.9. The number of carbonyl (C=O) groups excluding carboxylic acids is 2. The summed E-state index contributed by atoms with van der Waals surface area (Å²) in [6, 6.07) is 15.3. The Bertz CT molecular complexity index is 1060. The van der Waals surface area contributed by atoms with Crippen LogP contribution in [0.15, 0.2) is 54.6 Å². The van der Waals surface area contributed by atoms with Gasteiger partial charge in [-0.1, -0.05) is 47.7 Å². The summed E-state index contributed by atoms with van der Waals surface area (Å²) in [6.45, 7) is 1.18. The van der Waals surface area contributed by atoms with Crippen LogP contribution in [0.2, 0.25) is 0 Å². The lowest BCUT2D eigenvalue weighted by Crippen LogP contribution is -2.40. The molecule has 9 heteroatoms. The van der Waals surface area contributed by atoms with Crippen molar-refractivity contribution in [2.45, 2.75) is 25.3 Å². The van der Waals surface area contributed by atoms with Crippen molar-refractivity contribution < 1.29 is 14.0 Å². The standard InChI is InChI=1S/C22H22FN5O2S/c23-16-8-4-9-17(14-16)25-19(29)21-27-26-20(31-21)18-10-5-13-28(18)22(30)24-12-11-15-6-2-1-3-7-15/h1-4,6-9,14,18H,5,10-13H2,(H,24,30)(H,25,29). The Morgan fingerprint density at radius 1 is 1.13 bits per heavy atom. The fraction of sp³-hybridized carbons (Fsp3) is 0.273. The van der Waals surface area contributed by atoms with Gasteiger partial charge in [-0.05, 0) is 43.0 Å². The number of halogens is 1. The third-order valence-corrected chi connectivity index (χ3v) is 6.07. The molecule has 2 N–H and O–H groups in total. The van der Waals surface area contributed by atoms with E-state index in [9.17, 15) is 14.0 Å². The molecule has 2 heterocycles.